The maximum Gasteiger partial charge on any atom is 0.0479 e. The number of hydrogen-bond donors (Lipinski definition) is 0. The molecule has 1 heterocycles. The van der Waals surface area contributed by atoms with Crippen LogP contribution in [0, 0.1) is 0 Å². The van der Waals surface area contributed by atoms with Gasteiger partial charge in [-0.2, -0.15) is 0 Å². The van der Waals surface area contributed by atoms with Crippen molar-refractivity contribution in [3.05, 3.63) is 48.6 Å². The van der Waals surface area contributed by atoms with Crippen LogP contribution >= 0.6 is 0 Å². The van der Waals surface area contributed by atoms with Gasteiger partial charge in [-0.3, -0.25) is 4.90 Å². The second-order valence-corrected chi connectivity index (χ2v) is 3.17. The standard InChI is InChI=1S/C11H13N/c1-2-8-12-9-11(12)10-6-4-3-5-7-10/h2-7,11H,1,8-9H2/t11-,12?/m1/s1. The Kier molecular flexibility index (Phi) is 1.96. The lowest BCUT2D eigenvalue weighted by Gasteiger charge is -1.98. The predicted molar refractivity (Wildman–Crippen MR) is 51.0 cm³/mol. The Balaban J connectivity index is 2.01. The Labute approximate surface area is 73.3 Å². The van der Waals surface area contributed by atoms with Gasteiger partial charge in [-0.05, 0) is 5.56 Å². The van der Waals surface area contributed by atoms with Crippen LogP contribution in [0.5, 0.6) is 0 Å². The number of rotatable bonds is 3. The third-order valence-corrected chi connectivity index (χ3v) is 2.26. The second kappa shape index (κ2) is 3.11. The fraction of sp³-hybridized carbons (Fsp3) is 0.273. The lowest BCUT2D eigenvalue weighted by Crippen LogP contribution is -1.96. The van der Waals surface area contributed by atoms with Gasteiger partial charge in [0.15, 0.2) is 0 Å². The highest BCUT2D eigenvalue weighted by Gasteiger charge is 2.33. The molecule has 1 saturated heterocycles. The van der Waals surface area contributed by atoms with Crippen LogP contribution < -0.4 is 0 Å². The molecular weight excluding hydrogens is 146 g/mol. The lowest BCUT2D eigenvalue weighted by atomic mass is 10.2. The van der Waals surface area contributed by atoms with Gasteiger partial charge >= 0.3 is 0 Å². The summed E-state index contributed by atoms with van der Waals surface area (Å²) in [5, 5.41) is 0. The minimum absolute atomic E-state index is 0.657. The van der Waals surface area contributed by atoms with Gasteiger partial charge in [0.2, 0.25) is 0 Å². The normalized spacial score (nSPS) is 26.7. The van der Waals surface area contributed by atoms with Crippen molar-refractivity contribution in [2.45, 2.75) is 6.04 Å². The molecule has 0 aromatic heterocycles. The van der Waals surface area contributed by atoms with E-state index in [0.29, 0.717) is 6.04 Å². The van der Waals surface area contributed by atoms with Crippen molar-refractivity contribution in [2.24, 2.45) is 0 Å². The van der Waals surface area contributed by atoms with Crippen molar-refractivity contribution in [1.82, 2.24) is 4.90 Å². The monoisotopic (exact) mass is 159 g/mol. The van der Waals surface area contributed by atoms with E-state index in [1.165, 1.54) is 12.1 Å². The molecule has 0 spiro atoms. The molecule has 1 aliphatic rings. The first kappa shape index (κ1) is 7.56. The van der Waals surface area contributed by atoms with Crippen LogP contribution in [0.1, 0.15) is 11.6 Å². The van der Waals surface area contributed by atoms with E-state index in [1.807, 2.05) is 6.08 Å². The summed E-state index contributed by atoms with van der Waals surface area (Å²) in [4.78, 5) is 2.39. The molecule has 1 heteroatoms. The zero-order valence-corrected chi connectivity index (χ0v) is 7.11. The Bertz CT molecular complexity index is 266. The maximum absolute atomic E-state index is 3.73. The van der Waals surface area contributed by atoms with Crippen LogP contribution in [0.2, 0.25) is 0 Å². The topological polar surface area (TPSA) is 3.01 Å². The minimum Gasteiger partial charge on any atom is -0.290 e. The van der Waals surface area contributed by atoms with E-state index in [9.17, 15) is 0 Å². The van der Waals surface area contributed by atoms with E-state index in [1.54, 1.807) is 0 Å². The van der Waals surface area contributed by atoms with Crippen molar-refractivity contribution in [2.75, 3.05) is 13.1 Å². The Morgan fingerprint density at radius 1 is 1.42 bits per heavy atom. The fourth-order valence-electron chi connectivity index (χ4n) is 1.53. The average molecular weight is 159 g/mol. The van der Waals surface area contributed by atoms with E-state index in [4.69, 9.17) is 0 Å². The number of nitrogens with zero attached hydrogens (tertiary/aromatic N) is 1. The molecule has 0 N–H and O–H groups in total. The molecule has 1 fully saturated rings. The van der Waals surface area contributed by atoms with Gasteiger partial charge in [0.1, 0.15) is 0 Å². The van der Waals surface area contributed by atoms with Crippen LogP contribution in [0.3, 0.4) is 0 Å². The molecule has 12 heavy (non-hydrogen) atoms. The van der Waals surface area contributed by atoms with Crippen molar-refractivity contribution < 1.29 is 0 Å². The summed E-state index contributed by atoms with van der Waals surface area (Å²) < 4.78 is 0. The van der Waals surface area contributed by atoms with Gasteiger partial charge in [-0.1, -0.05) is 36.4 Å². The van der Waals surface area contributed by atoms with E-state index < -0.39 is 0 Å². The zero-order chi connectivity index (χ0) is 8.39. The number of benzene rings is 1. The van der Waals surface area contributed by atoms with Crippen molar-refractivity contribution in [3.8, 4) is 0 Å². The summed E-state index contributed by atoms with van der Waals surface area (Å²) in [5.41, 5.74) is 1.43. The maximum atomic E-state index is 3.73. The molecule has 2 rings (SSSR count). The first-order chi connectivity index (χ1) is 5.92. The molecule has 0 saturated carbocycles. The fourth-order valence-corrected chi connectivity index (χ4v) is 1.53. The Hall–Kier alpha value is -1.08. The zero-order valence-electron chi connectivity index (χ0n) is 7.11. The van der Waals surface area contributed by atoms with Crippen LogP contribution in [0.15, 0.2) is 43.0 Å². The Morgan fingerprint density at radius 2 is 2.17 bits per heavy atom. The highest BCUT2D eigenvalue weighted by Crippen LogP contribution is 2.33. The number of hydrogen-bond acceptors (Lipinski definition) is 1. The molecule has 1 aromatic rings. The first-order valence-electron chi connectivity index (χ1n) is 4.31. The van der Waals surface area contributed by atoms with Crippen LogP contribution in [-0.4, -0.2) is 18.0 Å². The SMILES string of the molecule is C=CCN1C[C@@H]1c1ccccc1. The summed E-state index contributed by atoms with van der Waals surface area (Å²) in [6.07, 6.45) is 1.96. The summed E-state index contributed by atoms with van der Waals surface area (Å²) in [6, 6.07) is 11.3. The van der Waals surface area contributed by atoms with Gasteiger partial charge < -0.3 is 0 Å². The molecule has 1 nitrogen and oxygen atoms in total. The van der Waals surface area contributed by atoms with Gasteiger partial charge in [0.25, 0.3) is 0 Å². The van der Waals surface area contributed by atoms with E-state index in [-0.39, 0.29) is 0 Å². The van der Waals surface area contributed by atoms with Crippen molar-refractivity contribution in [3.63, 3.8) is 0 Å². The van der Waals surface area contributed by atoms with Crippen molar-refractivity contribution in [1.29, 1.82) is 0 Å². The minimum atomic E-state index is 0.657. The molecule has 1 aliphatic heterocycles. The third kappa shape index (κ3) is 1.41. The van der Waals surface area contributed by atoms with E-state index >= 15 is 0 Å². The van der Waals surface area contributed by atoms with Crippen LogP contribution in [0.25, 0.3) is 0 Å². The van der Waals surface area contributed by atoms with Gasteiger partial charge in [0.05, 0.1) is 0 Å². The predicted octanol–water partition coefficient (Wildman–Crippen LogP) is 2.23. The van der Waals surface area contributed by atoms with Gasteiger partial charge in [0, 0.05) is 19.1 Å². The van der Waals surface area contributed by atoms with Crippen molar-refractivity contribution >= 4 is 0 Å². The summed E-state index contributed by atoms with van der Waals surface area (Å²) in [5.74, 6) is 0. The summed E-state index contributed by atoms with van der Waals surface area (Å²) in [6.45, 7) is 5.93. The molecule has 2 atom stereocenters. The molecule has 0 radical (unpaired) electrons. The highest BCUT2D eigenvalue weighted by atomic mass is 15.3. The second-order valence-electron chi connectivity index (χ2n) is 3.17. The van der Waals surface area contributed by atoms with Gasteiger partial charge in [-0.15, -0.1) is 6.58 Å². The molecule has 1 unspecified atom stereocenters. The molecule has 0 bridgehead atoms. The third-order valence-electron chi connectivity index (χ3n) is 2.26. The lowest BCUT2D eigenvalue weighted by molar-refractivity contribution is 0.573. The quantitative estimate of drug-likeness (QED) is 0.483. The molecule has 0 amide bonds. The smallest absolute Gasteiger partial charge is 0.0479 e. The first-order valence-corrected chi connectivity index (χ1v) is 4.31. The molecule has 0 aliphatic carbocycles. The van der Waals surface area contributed by atoms with Crippen LogP contribution in [-0.2, 0) is 0 Å². The Morgan fingerprint density at radius 3 is 2.83 bits per heavy atom. The van der Waals surface area contributed by atoms with Gasteiger partial charge in [-0.25, -0.2) is 0 Å². The largest absolute Gasteiger partial charge is 0.290 e. The van der Waals surface area contributed by atoms with E-state index in [2.05, 4.69) is 41.8 Å². The molecular formula is C11H13N. The molecule has 62 valence electrons. The highest BCUT2D eigenvalue weighted by molar-refractivity contribution is 5.23. The summed E-state index contributed by atoms with van der Waals surface area (Å²) >= 11 is 0. The average Bonchev–Trinajstić information content (AvgIpc) is 2.87. The summed E-state index contributed by atoms with van der Waals surface area (Å²) in [7, 11) is 0. The molecule has 1 aromatic carbocycles. The van der Waals surface area contributed by atoms with E-state index in [0.717, 1.165) is 6.54 Å². The van der Waals surface area contributed by atoms with Crippen LogP contribution in [0.4, 0.5) is 0 Å².